The summed E-state index contributed by atoms with van der Waals surface area (Å²) in [6.45, 7) is 0.191. The van der Waals surface area contributed by atoms with Gasteiger partial charge in [-0.25, -0.2) is 0 Å². The van der Waals surface area contributed by atoms with Crippen LogP contribution >= 0.6 is 15.9 Å². The van der Waals surface area contributed by atoms with Gasteiger partial charge in [0.15, 0.2) is 0 Å². The highest BCUT2D eigenvalue weighted by Gasteiger charge is 2.63. The highest BCUT2D eigenvalue weighted by molar-refractivity contribution is 9.11. The van der Waals surface area contributed by atoms with Gasteiger partial charge in [-0.2, -0.15) is 0 Å². The van der Waals surface area contributed by atoms with E-state index in [1.807, 2.05) is 19.1 Å². The Morgan fingerprint density at radius 3 is 2.42 bits per heavy atom. The van der Waals surface area contributed by atoms with Gasteiger partial charge >= 0.3 is 18.6 Å². The van der Waals surface area contributed by atoms with Crippen LogP contribution in [0.1, 0.15) is 6.92 Å². The molecule has 2 aliphatic rings. The minimum atomic E-state index is -2.05. The van der Waals surface area contributed by atoms with Crippen molar-refractivity contribution in [3.05, 3.63) is 34.8 Å². The van der Waals surface area contributed by atoms with Crippen molar-refractivity contribution in [2.75, 3.05) is 20.1 Å². The van der Waals surface area contributed by atoms with E-state index in [-0.39, 0.29) is 29.4 Å². The Labute approximate surface area is 120 Å². The van der Waals surface area contributed by atoms with Crippen LogP contribution in [0.5, 0.6) is 0 Å². The molecule has 0 N–H and O–H groups in total. The molecule has 0 atom stereocenters. The summed E-state index contributed by atoms with van der Waals surface area (Å²) >= 11 is 3.18. The standard InChI is InChI=1S/C12H15BBrNO4/c1-10(4-3-7-14)5-6-13-15(2,8-11(16)18-13)9-12(17)19-13/h3-7H,8-9H2,1-2H3/b6-5+,7-3+,10-4+. The molecule has 2 heterocycles. The molecule has 0 saturated carbocycles. The second-order valence-electron chi connectivity index (χ2n) is 5.09. The Hall–Kier alpha value is -1.34. The van der Waals surface area contributed by atoms with E-state index < -0.39 is 6.69 Å². The third-order valence-electron chi connectivity index (χ3n) is 3.48. The summed E-state index contributed by atoms with van der Waals surface area (Å²) in [6.07, 6.45) is 5.52. The van der Waals surface area contributed by atoms with Gasteiger partial charge in [0.2, 0.25) is 0 Å². The molecule has 2 saturated heterocycles. The first-order chi connectivity index (χ1) is 8.91. The minimum absolute atomic E-state index is 0.167. The van der Waals surface area contributed by atoms with Crippen molar-refractivity contribution >= 4 is 34.6 Å². The Bertz CT molecular complexity index is 492. The molecule has 0 aromatic carbocycles. The number of rotatable bonds is 3. The summed E-state index contributed by atoms with van der Waals surface area (Å²) in [4.78, 5) is 24.8. The van der Waals surface area contributed by atoms with Crippen LogP contribution in [0.15, 0.2) is 34.8 Å². The molecule has 0 amide bonds. The molecule has 2 rings (SSSR count). The summed E-state index contributed by atoms with van der Waals surface area (Å²) in [5, 5.41) is 0. The predicted molar refractivity (Wildman–Crippen MR) is 74.8 cm³/mol. The molecule has 0 aliphatic carbocycles. The van der Waals surface area contributed by atoms with Crippen molar-refractivity contribution in [2.45, 2.75) is 6.92 Å². The van der Waals surface area contributed by atoms with Gasteiger partial charge in [0.1, 0.15) is 13.1 Å². The molecule has 19 heavy (non-hydrogen) atoms. The van der Waals surface area contributed by atoms with Gasteiger partial charge in [-0.05, 0) is 11.9 Å². The highest BCUT2D eigenvalue weighted by Crippen LogP contribution is 2.34. The largest absolute Gasteiger partial charge is 0.607 e. The van der Waals surface area contributed by atoms with Crippen molar-refractivity contribution < 1.29 is 23.3 Å². The van der Waals surface area contributed by atoms with E-state index in [2.05, 4.69) is 15.9 Å². The molecule has 0 spiro atoms. The average molecular weight is 328 g/mol. The summed E-state index contributed by atoms with van der Waals surface area (Å²) < 4.78 is 10.8. The average Bonchev–Trinajstić information content (AvgIpc) is 2.67. The summed E-state index contributed by atoms with van der Waals surface area (Å²) in [6, 6.07) is 0. The lowest BCUT2D eigenvalue weighted by Gasteiger charge is -2.37. The number of carbonyl (C=O) groups is 2. The number of carbonyl (C=O) groups excluding carboxylic acids is 2. The Balaban J connectivity index is 2.28. The van der Waals surface area contributed by atoms with Crippen molar-refractivity contribution in [1.29, 1.82) is 0 Å². The minimum Gasteiger partial charge on any atom is -0.596 e. The maximum absolute atomic E-state index is 11.5. The molecule has 0 bridgehead atoms. The van der Waals surface area contributed by atoms with Crippen LogP contribution in [0.4, 0.5) is 0 Å². The van der Waals surface area contributed by atoms with Gasteiger partial charge in [-0.1, -0.05) is 45.7 Å². The van der Waals surface area contributed by atoms with Crippen LogP contribution in [0.3, 0.4) is 0 Å². The van der Waals surface area contributed by atoms with Gasteiger partial charge in [0.05, 0.1) is 0 Å². The van der Waals surface area contributed by atoms with Gasteiger partial charge < -0.3 is 13.7 Å². The number of fused-ring (bicyclic) bond motifs is 1. The SMILES string of the molecule is CC(/C=C/[B-]12OC(=O)C[N+]1(C)CC(=O)O2)=C\C=C\Br. The number of nitrogens with zero attached hydrogens (tertiary/aromatic N) is 1. The summed E-state index contributed by atoms with van der Waals surface area (Å²) in [5.74, 6) is 1.03. The van der Waals surface area contributed by atoms with Crippen molar-refractivity contribution in [3.63, 3.8) is 0 Å². The number of allylic oxidation sites excluding steroid dienone is 4. The topological polar surface area (TPSA) is 52.6 Å². The Morgan fingerprint density at radius 2 is 1.89 bits per heavy atom. The van der Waals surface area contributed by atoms with Crippen LogP contribution in [0, 0.1) is 0 Å². The van der Waals surface area contributed by atoms with Crippen LogP contribution in [-0.2, 0) is 18.9 Å². The smallest absolute Gasteiger partial charge is 0.596 e. The first-order valence-electron chi connectivity index (χ1n) is 5.96. The second-order valence-corrected chi connectivity index (χ2v) is 5.62. The van der Waals surface area contributed by atoms with Crippen LogP contribution in [0.25, 0.3) is 0 Å². The summed E-state index contributed by atoms with van der Waals surface area (Å²) in [7, 11) is 1.80. The highest BCUT2D eigenvalue weighted by atomic mass is 79.9. The van der Waals surface area contributed by atoms with Gasteiger partial charge in [0, 0.05) is 7.05 Å². The molecule has 7 heteroatoms. The molecule has 2 fully saturated rings. The molecule has 5 nitrogen and oxygen atoms in total. The zero-order chi connectivity index (χ0) is 14.1. The van der Waals surface area contributed by atoms with Gasteiger partial charge in [-0.15, -0.1) is 0 Å². The van der Waals surface area contributed by atoms with Crippen molar-refractivity contribution in [3.8, 4) is 0 Å². The molecule has 0 aromatic rings. The fraction of sp³-hybridized carbons (Fsp3) is 0.333. The number of likely N-dealkylation sites (N-methyl/N-ethyl adjacent to an activating group) is 1. The van der Waals surface area contributed by atoms with E-state index in [4.69, 9.17) is 9.31 Å². The Morgan fingerprint density at radius 1 is 1.32 bits per heavy atom. The number of hydrogen-bond acceptors (Lipinski definition) is 4. The second kappa shape index (κ2) is 4.98. The monoisotopic (exact) mass is 327 g/mol. The fourth-order valence-corrected chi connectivity index (χ4v) is 2.59. The normalized spacial score (nSPS) is 35.0. The third kappa shape index (κ3) is 2.53. The predicted octanol–water partition coefficient (Wildman–Crippen LogP) is 1.44. The maximum Gasteiger partial charge on any atom is 0.607 e. The lowest BCUT2D eigenvalue weighted by atomic mass is 9.68. The van der Waals surface area contributed by atoms with E-state index in [1.165, 1.54) is 0 Å². The Kier molecular flexibility index (Phi) is 3.69. The maximum atomic E-state index is 11.5. The first-order valence-corrected chi connectivity index (χ1v) is 6.88. The van der Waals surface area contributed by atoms with Crippen molar-refractivity contribution in [1.82, 2.24) is 0 Å². The zero-order valence-corrected chi connectivity index (χ0v) is 12.4. The molecule has 102 valence electrons. The molecular weight excluding hydrogens is 313 g/mol. The van der Waals surface area contributed by atoms with E-state index in [0.29, 0.717) is 0 Å². The fourth-order valence-electron chi connectivity index (χ4n) is 2.43. The van der Waals surface area contributed by atoms with E-state index in [0.717, 1.165) is 5.57 Å². The summed E-state index contributed by atoms with van der Waals surface area (Å²) in [5.41, 5.74) is 0.962. The van der Waals surface area contributed by atoms with Crippen LogP contribution in [-0.4, -0.2) is 43.2 Å². The molecule has 0 aromatic heterocycles. The molecule has 0 radical (unpaired) electrons. The molecule has 0 unspecified atom stereocenters. The molecule has 2 aliphatic heterocycles. The number of hydrogen-bond donors (Lipinski definition) is 0. The lowest BCUT2D eigenvalue weighted by Crippen LogP contribution is -2.58. The van der Waals surface area contributed by atoms with Gasteiger partial charge in [0.25, 0.3) is 0 Å². The first kappa shape index (κ1) is 14.1. The van der Waals surface area contributed by atoms with E-state index in [1.54, 1.807) is 24.1 Å². The zero-order valence-electron chi connectivity index (χ0n) is 10.8. The van der Waals surface area contributed by atoms with E-state index in [9.17, 15) is 9.59 Å². The lowest BCUT2D eigenvalue weighted by molar-refractivity contribution is -0.791. The van der Waals surface area contributed by atoms with Crippen LogP contribution in [0.2, 0.25) is 0 Å². The quantitative estimate of drug-likeness (QED) is 0.581. The van der Waals surface area contributed by atoms with Crippen molar-refractivity contribution in [2.24, 2.45) is 0 Å². The number of quaternary nitrogens is 1. The van der Waals surface area contributed by atoms with Gasteiger partial charge in [-0.3, -0.25) is 9.59 Å². The van der Waals surface area contributed by atoms with E-state index >= 15 is 0 Å². The third-order valence-corrected chi connectivity index (χ3v) is 3.79. The van der Waals surface area contributed by atoms with Crippen LogP contribution < -0.4 is 0 Å². The number of halogens is 1. The molecular formula is C12H15BBrNO4.